The molecule has 1 fully saturated rings. The van der Waals surface area contributed by atoms with Crippen LogP contribution in [0.15, 0.2) is 18.2 Å². The molecule has 0 aliphatic carbocycles. The van der Waals surface area contributed by atoms with E-state index in [-0.39, 0.29) is 5.54 Å². The van der Waals surface area contributed by atoms with E-state index >= 15 is 0 Å². The lowest BCUT2D eigenvalue weighted by atomic mass is 10.1. The minimum atomic E-state index is -0.0913. The summed E-state index contributed by atoms with van der Waals surface area (Å²) in [6, 6.07) is 9.59. The molecule has 0 unspecified atom stereocenters. The molecule has 4 nitrogen and oxygen atoms in total. The monoisotopic (exact) mass is 276 g/mol. The van der Waals surface area contributed by atoms with E-state index < -0.39 is 0 Å². The van der Waals surface area contributed by atoms with Crippen molar-refractivity contribution in [3.63, 3.8) is 0 Å². The highest BCUT2D eigenvalue weighted by Gasteiger charge is 2.18. The maximum Gasteiger partial charge on any atom is 0.0687 e. The first-order valence-electron chi connectivity index (χ1n) is 7.22. The molecule has 1 radical (unpaired) electrons. The summed E-state index contributed by atoms with van der Waals surface area (Å²) in [5, 5.41) is 3.49. The molecule has 4 heteroatoms. The molecule has 0 saturated carbocycles. The van der Waals surface area contributed by atoms with Crippen LogP contribution in [0.1, 0.15) is 13.8 Å². The third-order valence-corrected chi connectivity index (χ3v) is 3.63. The van der Waals surface area contributed by atoms with E-state index in [1.54, 1.807) is 7.11 Å². The first-order chi connectivity index (χ1) is 9.50. The number of ether oxygens (including phenoxy) is 1. The Bertz CT molecular complexity index is 425. The second-order valence-electron chi connectivity index (χ2n) is 6.19. The third kappa shape index (κ3) is 4.12. The Balaban J connectivity index is 2.04. The Hall–Kier alpha value is -1.26. The van der Waals surface area contributed by atoms with Crippen LogP contribution in [0.2, 0.25) is 0 Å². The molecular weight excluding hydrogens is 250 g/mol. The predicted molar refractivity (Wildman–Crippen MR) is 84.6 cm³/mol. The van der Waals surface area contributed by atoms with E-state index in [0.29, 0.717) is 6.61 Å². The van der Waals surface area contributed by atoms with Crippen LogP contribution in [0.25, 0.3) is 0 Å². The summed E-state index contributed by atoms with van der Waals surface area (Å²) in [7, 11) is 3.91. The average molecular weight is 276 g/mol. The van der Waals surface area contributed by atoms with Gasteiger partial charge in [0.25, 0.3) is 0 Å². The molecule has 1 heterocycles. The lowest BCUT2D eigenvalue weighted by Crippen LogP contribution is -2.44. The minimum Gasteiger partial charge on any atom is -0.382 e. The number of nitrogens with one attached hydrogen (secondary N) is 1. The van der Waals surface area contributed by atoms with E-state index in [4.69, 9.17) is 4.74 Å². The van der Waals surface area contributed by atoms with E-state index in [2.05, 4.69) is 54.2 Å². The van der Waals surface area contributed by atoms with Crippen LogP contribution in [0.5, 0.6) is 0 Å². The van der Waals surface area contributed by atoms with Gasteiger partial charge in [-0.1, -0.05) is 6.07 Å². The van der Waals surface area contributed by atoms with Crippen molar-refractivity contribution in [2.45, 2.75) is 19.4 Å². The molecule has 1 N–H and O–H groups in total. The van der Waals surface area contributed by atoms with Gasteiger partial charge in [-0.05, 0) is 33.0 Å². The molecule has 111 valence electrons. The van der Waals surface area contributed by atoms with Gasteiger partial charge in [0.05, 0.1) is 12.1 Å². The largest absolute Gasteiger partial charge is 0.382 e. The number of nitrogens with zero attached hydrogens (tertiary/aromatic N) is 2. The van der Waals surface area contributed by atoms with Crippen molar-refractivity contribution >= 4 is 11.4 Å². The number of hydrogen-bond donors (Lipinski definition) is 1. The van der Waals surface area contributed by atoms with Crippen LogP contribution in [0.3, 0.4) is 0 Å². The van der Waals surface area contributed by atoms with Gasteiger partial charge in [0.15, 0.2) is 0 Å². The first kappa shape index (κ1) is 15.1. The van der Waals surface area contributed by atoms with Crippen LogP contribution in [0, 0.1) is 6.07 Å². The number of anilines is 2. The van der Waals surface area contributed by atoms with Crippen molar-refractivity contribution in [1.29, 1.82) is 0 Å². The molecule has 0 atom stereocenters. The summed E-state index contributed by atoms with van der Waals surface area (Å²) in [6.45, 7) is 9.34. The lowest BCUT2D eigenvalue weighted by molar-refractivity contribution is 0.158. The number of benzene rings is 1. The molecule has 20 heavy (non-hydrogen) atoms. The summed E-state index contributed by atoms with van der Waals surface area (Å²) < 4.78 is 5.24. The molecule has 0 bridgehead atoms. The SMILES string of the molecule is COCC(C)(C)Nc1[c]ccc(N2CCN(C)CC2)c1. The van der Waals surface area contributed by atoms with E-state index in [1.165, 1.54) is 5.69 Å². The van der Waals surface area contributed by atoms with Gasteiger partial charge in [-0.25, -0.2) is 0 Å². The van der Waals surface area contributed by atoms with Gasteiger partial charge >= 0.3 is 0 Å². The fourth-order valence-corrected chi connectivity index (χ4v) is 2.55. The van der Waals surface area contributed by atoms with E-state index in [9.17, 15) is 0 Å². The Morgan fingerprint density at radius 3 is 2.65 bits per heavy atom. The van der Waals surface area contributed by atoms with Gasteiger partial charge in [0.2, 0.25) is 0 Å². The van der Waals surface area contributed by atoms with Crippen molar-refractivity contribution in [2.75, 3.05) is 57.2 Å². The zero-order chi connectivity index (χ0) is 14.6. The van der Waals surface area contributed by atoms with Gasteiger partial charge in [0, 0.05) is 50.7 Å². The highest BCUT2D eigenvalue weighted by atomic mass is 16.5. The van der Waals surface area contributed by atoms with Crippen LogP contribution in [0.4, 0.5) is 11.4 Å². The number of piperazine rings is 1. The molecule has 0 spiro atoms. The number of likely N-dealkylation sites (N-methyl/N-ethyl adjacent to an activating group) is 1. The zero-order valence-corrected chi connectivity index (χ0v) is 13.1. The summed E-state index contributed by atoms with van der Waals surface area (Å²) in [5.41, 5.74) is 2.21. The normalized spacial score (nSPS) is 17.3. The molecule has 1 aromatic rings. The smallest absolute Gasteiger partial charge is 0.0687 e. The third-order valence-electron chi connectivity index (χ3n) is 3.63. The van der Waals surface area contributed by atoms with Gasteiger partial charge in [0.1, 0.15) is 0 Å². The first-order valence-corrected chi connectivity index (χ1v) is 7.22. The molecule has 1 saturated heterocycles. The number of methoxy groups -OCH3 is 1. The van der Waals surface area contributed by atoms with Crippen LogP contribution in [-0.4, -0.2) is 57.4 Å². The van der Waals surface area contributed by atoms with Crippen LogP contribution in [-0.2, 0) is 4.74 Å². The van der Waals surface area contributed by atoms with Crippen molar-refractivity contribution in [2.24, 2.45) is 0 Å². The quantitative estimate of drug-likeness (QED) is 0.891. The fraction of sp³-hybridized carbons (Fsp3) is 0.625. The molecule has 0 aromatic heterocycles. The summed E-state index contributed by atoms with van der Waals surface area (Å²) >= 11 is 0. The van der Waals surface area contributed by atoms with Crippen LogP contribution >= 0.6 is 0 Å². The lowest BCUT2D eigenvalue weighted by Gasteiger charge is -2.34. The molecular formula is C16H26N3O. The Labute approximate surface area is 122 Å². The van der Waals surface area contributed by atoms with Gasteiger partial charge in [-0.15, -0.1) is 0 Å². The Kier molecular flexibility index (Phi) is 4.89. The van der Waals surface area contributed by atoms with Crippen molar-refractivity contribution < 1.29 is 4.74 Å². The average Bonchev–Trinajstić information content (AvgIpc) is 2.39. The maximum absolute atomic E-state index is 5.24. The van der Waals surface area contributed by atoms with Crippen molar-refractivity contribution in [3.8, 4) is 0 Å². The maximum atomic E-state index is 5.24. The van der Waals surface area contributed by atoms with Crippen molar-refractivity contribution in [1.82, 2.24) is 4.90 Å². The summed E-state index contributed by atoms with van der Waals surface area (Å²) in [4.78, 5) is 4.80. The van der Waals surface area contributed by atoms with Gasteiger partial charge < -0.3 is 19.9 Å². The van der Waals surface area contributed by atoms with E-state index in [1.807, 2.05) is 6.07 Å². The van der Waals surface area contributed by atoms with Gasteiger partial charge in [-0.3, -0.25) is 0 Å². The zero-order valence-electron chi connectivity index (χ0n) is 13.1. The highest BCUT2D eigenvalue weighted by molar-refractivity contribution is 5.58. The Morgan fingerprint density at radius 2 is 2.00 bits per heavy atom. The summed E-state index contributed by atoms with van der Waals surface area (Å²) in [6.07, 6.45) is 0. The number of rotatable bonds is 5. The molecule has 2 rings (SSSR count). The second kappa shape index (κ2) is 6.46. The molecule has 0 amide bonds. The van der Waals surface area contributed by atoms with Gasteiger partial charge in [-0.2, -0.15) is 0 Å². The highest BCUT2D eigenvalue weighted by Crippen LogP contribution is 2.22. The van der Waals surface area contributed by atoms with Crippen molar-refractivity contribution in [3.05, 3.63) is 24.3 Å². The topological polar surface area (TPSA) is 27.7 Å². The molecule has 1 aliphatic rings. The van der Waals surface area contributed by atoms with Crippen LogP contribution < -0.4 is 10.2 Å². The minimum absolute atomic E-state index is 0.0913. The Morgan fingerprint density at radius 1 is 1.30 bits per heavy atom. The molecule has 1 aromatic carbocycles. The fourth-order valence-electron chi connectivity index (χ4n) is 2.55. The number of hydrogen-bond acceptors (Lipinski definition) is 4. The second-order valence-corrected chi connectivity index (χ2v) is 6.19. The van der Waals surface area contributed by atoms with E-state index in [0.717, 1.165) is 31.9 Å². The molecule has 1 aliphatic heterocycles. The summed E-state index contributed by atoms with van der Waals surface area (Å²) in [5.74, 6) is 0. The predicted octanol–water partition coefficient (Wildman–Crippen LogP) is 2.08. The standard InChI is InChI=1S/C16H26N3O/c1-16(2,13-20-4)17-14-6-5-7-15(12-14)19-10-8-18(3)9-11-19/h5,7,12,17H,8-11,13H2,1-4H3.